The maximum absolute atomic E-state index is 12.8. The van der Waals surface area contributed by atoms with Crippen LogP contribution in [0.25, 0.3) is 0 Å². The Morgan fingerprint density at radius 1 is 1.20 bits per heavy atom. The molecule has 1 N–H and O–H groups in total. The molecular formula is C15H21F3N4O2S. The van der Waals surface area contributed by atoms with E-state index in [0.717, 1.165) is 31.8 Å². The average molecular weight is 378 g/mol. The summed E-state index contributed by atoms with van der Waals surface area (Å²) >= 11 is 0. The summed E-state index contributed by atoms with van der Waals surface area (Å²) in [5, 5.41) is 3.15. The lowest BCUT2D eigenvalue weighted by molar-refractivity contribution is -0.137. The molecule has 0 bridgehead atoms. The normalized spacial score (nSPS) is 23.2. The Morgan fingerprint density at radius 3 is 2.52 bits per heavy atom. The van der Waals surface area contributed by atoms with Crippen molar-refractivity contribution in [2.45, 2.75) is 12.6 Å². The molecule has 1 aromatic heterocycles. The SMILES string of the molecule is O=S(=O)(CC1CCNC1)N1CCN(c2cncc(C(F)(F)F)c2)CC1. The molecule has 1 unspecified atom stereocenters. The number of rotatable bonds is 4. The van der Waals surface area contributed by atoms with Gasteiger partial charge in [-0.05, 0) is 31.5 Å². The smallest absolute Gasteiger partial charge is 0.368 e. The van der Waals surface area contributed by atoms with E-state index in [9.17, 15) is 21.6 Å². The summed E-state index contributed by atoms with van der Waals surface area (Å²) in [5.41, 5.74) is -0.430. The van der Waals surface area contributed by atoms with Gasteiger partial charge in [-0.1, -0.05) is 0 Å². The molecule has 2 aliphatic heterocycles. The second-order valence-corrected chi connectivity index (χ2v) is 8.47. The minimum atomic E-state index is -4.44. The Balaban J connectivity index is 1.62. The lowest BCUT2D eigenvalue weighted by Gasteiger charge is -2.35. The van der Waals surface area contributed by atoms with Crippen molar-refractivity contribution in [2.75, 3.05) is 49.9 Å². The van der Waals surface area contributed by atoms with Crippen LogP contribution < -0.4 is 10.2 Å². The number of pyridine rings is 1. The van der Waals surface area contributed by atoms with Gasteiger partial charge in [-0.15, -0.1) is 0 Å². The second kappa shape index (κ2) is 7.08. The van der Waals surface area contributed by atoms with Crippen LogP contribution in [-0.4, -0.2) is 62.7 Å². The van der Waals surface area contributed by atoms with Gasteiger partial charge in [0.15, 0.2) is 0 Å². The molecule has 0 amide bonds. The summed E-state index contributed by atoms with van der Waals surface area (Å²) in [4.78, 5) is 5.40. The number of hydrogen-bond donors (Lipinski definition) is 1. The number of alkyl halides is 3. The van der Waals surface area contributed by atoms with E-state index in [1.807, 2.05) is 0 Å². The molecule has 2 saturated heterocycles. The molecule has 1 aromatic rings. The fourth-order valence-electron chi connectivity index (χ4n) is 3.24. The summed E-state index contributed by atoms with van der Waals surface area (Å²) in [6.07, 6.45) is -1.41. The predicted octanol–water partition coefficient (Wildman–Crippen LogP) is 1.16. The highest BCUT2D eigenvalue weighted by atomic mass is 32.2. The summed E-state index contributed by atoms with van der Waals surface area (Å²) < 4.78 is 64.8. The fraction of sp³-hybridized carbons (Fsp3) is 0.667. The quantitative estimate of drug-likeness (QED) is 0.852. The van der Waals surface area contributed by atoms with Crippen molar-refractivity contribution in [3.05, 3.63) is 24.0 Å². The van der Waals surface area contributed by atoms with Crippen LogP contribution in [0.3, 0.4) is 0 Å². The highest BCUT2D eigenvalue weighted by Gasteiger charge is 2.33. The summed E-state index contributed by atoms with van der Waals surface area (Å²) in [6.45, 7) is 2.82. The summed E-state index contributed by atoms with van der Waals surface area (Å²) in [7, 11) is -3.33. The Kier molecular flexibility index (Phi) is 5.21. The first-order valence-electron chi connectivity index (χ1n) is 8.21. The van der Waals surface area contributed by atoms with Gasteiger partial charge in [-0.3, -0.25) is 4.98 Å². The average Bonchev–Trinajstić information content (AvgIpc) is 3.06. The third kappa shape index (κ3) is 4.42. The topological polar surface area (TPSA) is 65.5 Å². The van der Waals surface area contributed by atoms with Crippen LogP contribution in [0.4, 0.5) is 18.9 Å². The number of halogens is 3. The van der Waals surface area contributed by atoms with Crippen molar-refractivity contribution in [3.63, 3.8) is 0 Å². The molecule has 140 valence electrons. The number of nitrogens with one attached hydrogen (secondary N) is 1. The van der Waals surface area contributed by atoms with E-state index in [1.165, 1.54) is 10.5 Å². The lowest BCUT2D eigenvalue weighted by atomic mass is 10.2. The Morgan fingerprint density at radius 2 is 1.92 bits per heavy atom. The molecule has 0 spiro atoms. The largest absolute Gasteiger partial charge is 0.417 e. The molecule has 0 aliphatic carbocycles. The van der Waals surface area contributed by atoms with E-state index in [1.54, 1.807) is 4.90 Å². The van der Waals surface area contributed by atoms with Gasteiger partial charge >= 0.3 is 6.18 Å². The van der Waals surface area contributed by atoms with Gasteiger partial charge in [0, 0.05) is 32.4 Å². The minimum Gasteiger partial charge on any atom is -0.368 e. The van der Waals surface area contributed by atoms with Gasteiger partial charge < -0.3 is 10.2 Å². The van der Waals surface area contributed by atoms with Crippen LogP contribution in [0.2, 0.25) is 0 Å². The first kappa shape index (κ1) is 18.4. The van der Waals surface area contributed by atoms with Crippen LogP contribution >= 0.6 is 0 Å². The molecule has 3 rings (SSSR count). The minimum absolute atomic E-state index is 0.130. The van der Waals surface area contributed by atoms with E-state index in [4.69, 9.17) is 0 Å². The van der Waals surface area contributed by atoms with E-state index >= 15 is 0 Å². The monoisotopic (exact) mass is 378 g/mol. The summed E-state index contributed by atoms with van der Waals surface area (Å²) in [6, 6.07) is 1.06. The number of sulfonamides is 1. The molecule has 10 heteroatoms. The van der Waals surface area contributed by atoms with Gasteiger partial charge in [-0.25, -0.2) is 8.42 Å². The second-order valence-electron chi connectivity index (χ2n) is 6.45. The van der Waals surface area contributed by atoms with Crippen molar-refractivity contribution >= 4 is 15.7 Å². The molecule has 1 atom stereocenters. The molecule has 2 fully saturated rings. The maximum atomic E-state index is 12.8. The molecule has 0 aromatic carbocycles. The molecule has 0 saturated carbocycles. The van der Waals surface area contributed by atoms with Gasteiger partial charge in [0.2, 0.25) is 10.0 Å². The number of nitrogens with zero attached hydrogens (tertiary/aromatic N) is 3. The fourth-order valence-corrected chi connectivity index (χ4v) is 5.05. The van der Waals surface area contributed by atoms with Crippen molar-refractivity contribution < 1.29 is 21.6 Å². The zero-order valence-corrected chi connectivity index (χ0v) is 14.5. The third-order valence-electron chi connectivity index (χ3n) is 4.66. The number of piperazine rings is 1. The highest BCUT2D eigenvalue weighted by Crippen LogP contribution is 2.31. The predicted molar refractivity (Wildman–Crippen MR) is 87.8 cm³/mol. The van der Waals surface area contributed by atoms with Crippen molar-refractivity contribution in [2.24, 2.45) is 5.92 Å². The number of anilines is 1. The standard InChI is InChI=1S/C15H21F3N4O2S/c16-15(17,18)13-7-14(10-20-9-13)21-3-5-22(6-4-21)25(23,24)11-12-1-2-19-8-12/h7,9-10,12,19H,1-6,8,11H2. The molecule has 2 aliphatic rings. The molecule has 0 radical (unpaired) electrons. The Bertz CT molecular complexity index is 697. The van der Waals surface area contributed by atoms with E-state index in [2.05, 4.69) is 10.3 Å². The van der Waals surface area contributed by atoms with Crippen LogP contribution in [-0.2, 0) is 16.2 Å². The zero-order valence-electron chi connectivity index (χ0n) is 13.7. The summed E-state index contributed by atoms with van der Waals surface area (Å²) in [5.74, 6) is 0.265. The Hall–Kier alpha value is -1.39. The van der Waals surface area contributed by atoms with Crippen LogP contribution in [0.5, 0.6) is 0 Å². The molecule has 25 heavy (non-hydrogen) atoms. The van der Waals surface area contributed by atoms with Gasteiger partial charge in [0.25, 0.3) is 0 Å². The molecular weight excluding hydrogens is 357 g/mol. The number of hydrogen-bond acceptors (Lipinski definition) is 5. The third-order valence-corrected chi connectivity index (χ3v) is 6.70. The van der Waals surface area contributed by atoms with Crippen molar-refractivity contribution in [1.82, 2.24) is 14.6 Å². The van der Waals surface area contributed by atoms with E-state index in [-0.39, 0.29) is 24.8 Å². The van der Waals surface area contributed by atoms with Crippen molar-refractivity contribution in [3.8, 4) is 0 Å². The lowest BCUT2D eigenvalue weighted by Crippen LogP contribution is -2.50. The van der Waals surface area contributed by atoms with Gasteiger partial charge in [-0.2, -0.15) is 17.5 Å². The molecule has 3 heterocycles. The first-order chi connectivity index (χ1) is 11.8. The van der Waals surface area contributed by atoms with E-state index in [0.29, 0.717) is 18.8 Å². The number of aromatic nitrogens is 1. The van der Waals surface area contributed by atoms with Crippen LogP contribution in [0.15, 0.2) is 18.5 Å². The van der Waals surface area contributed by atoms with Crippen LogP contribution in [0, 0.1) is 5.92 Å². The highest BCUT2D eigenvalue weighted by molar-refractivity contribution is 7.89. The maximum Gasteiger partial charge on any atom is 0.417 e. The first-order valence-corrected chi connectivity index (χ1v) is 9.82. The molecule has 6 nitrogen and oxygen atoms in total. The van der Waals surface area contributed by atoms with Gasteiger partial charge in [0.05, 0.1) is 23.2 Å². The Labute approximate surface area is 145 Å². The zero-order chi connectivity index (χ0) is 18.1. The van der Waals surface area contributed by atoms with Crippen molar-refractivity contribution in [1.29, 1.82) is 0 Å². The van der Waals surface area contributed by atoms with Crippen LogP contribution in [0.1, 0.15) is 12.0 Å². The van der Waals surface area contributed by atoms with E-state index < -0.39 is 21.8 Å². The van der Waals surface area contributed by atoms with Gasteiger partial charge in [0.1, 0.15) is 0 Å².